The Labute approximate surface area is 85.2 Å². The Morgan fingerprint density at radius 2 is 2.14 bits per heavy atom. The van der Waals surface area contributed by atoms with Crippen LogP contribution in [0, 0.1) is 5.82 Å². The molecule has 72 valence electrons. The van der Waals surface area contributed by atoms with Crippen LogP contribution in [0.4, 0.5) is 4.39 Å². The summed E-state index contributed by atoms with van der Waals surface area (Å²) in [6.07, 6.45) is 3.57. The van der Waals surface area contributed by atoms with Gasteiger partial charge in [-0.2, -0.15) is 0 Å². The fourth-order valence-electron chi connectivity index (χ4n) is 1.75. The number of pyridine rings is 1. The highest BCUT2D eigenvalue weighted by Gasteiger charge is 2.31. The molecule has 0 unspecified atom stereocenters. The van der Waals surface area contributed by atoms with E-state index in [-0.39, 0.29) is 17.2 Å². The number of nitrogens with zero attached hydrogens (tertiary/aromatic N) is 1. The predicted molar refractivity (Wildman–Crippen MR) is 55.6 cm³/mol. The van der Waals surface area contributed by atoms with Crippen LogP contribution in [-0.2, 0) is 0 Å². The first-order valence-electron chi connectivity index (χ1n) is 5.05. The topological polar surface area (TPSA) is 12.9 Å². The summed E-state index contributed by atoms with van der Waals surface area (Å²) in [4.78, 5) is 4.23. The summed E-state index contributed by atoms with van der Waals surface area (Å²) in [6.45, 7) is 4.06. The molecule has 1 saturated carbocycles. The van der Waals surface area contributed by atoms with Crippen LogP contribution in [0.3, 0.4) is 0 Å². The maximum Gasteiger partial charge on any atom is 0.122 e. The molecule has 0 spiro atoms. The van der Waals surface area contributed by atoms with Gasteiger partial charge in [0, 0.05) is 17.5 Å². The molecule has 2 radical (unpaired) electrons. The van der Waals surface area contributed by atoms with Crippen molar-refractivity contribution in [1.29, 1.82) is 0 Å². The Bertz CT molecular complexity index is 359. The van der Waals surface area contributed by atoms with Gasteiger partial charge in [-0.15, -0.1) is 0 Å². The summed E-state index contributed by atoms with van der Waals surface area (Å²) in [6, 6.07) is 0. The summed E-state index contributed by atoms with van der Waals surface area (Å²) in [7, 11) is 5.52. The molecule has 1 aromatic rings. The third-order valence-corrected chi connectivity index (χ3v) is 2.64. The highest BCUT2D eigenvalue weighted by molar-refractivity contribution is 6.32. The van der Waals surface area contributed by atoms with Crippen LogP contribution in [0.2, 0.25) is 0 Å². The minimum absolute atomic E-state index is 0.177. The average molecular weight is 189 g/mol. The minimum atomic E-state index is -0.244. The van der Waals surface area contributed by atoms with E-state index in [1.54, 1.807) is 0 Å². The maximum atomic E-state index is 13.7. The second-order valence-electron chi connectivity index (χ2n) is 4.26. The van der Waals surface area contributed by atoms with Crippen molar-refractivity contribution in [2.45, 2.75) is 38.5 Å². The SMILES string of the molecule is [B]c1cnc(C(C)C)c(C2CC2)c1F. The van der Waals surface area contributed by atoms with Gasteiger partial charge in [-0.1, -0.05) is 13.8 Å². The van der Waals surface area contributed by atoms with Crippen LogP contribution in [0.25, 0.3) is 0 Å². The molecule has 1 heterocycles. The zero-order valence-corrected chi connectivity index (χ0v) is 8.55. The molecule has 0 aliphatic heterocycles. The molecule has 1 aliphatic rings. The average Bonchev–Trinajstić information content (AvgIpc) is 2.92. The van der Waals surface area contributed by atoms with Crippen LogP contribution in [0.1, 0.15) is 49.8 Å². The van der Waals surface area contributed by atoms with Gasteiger partial charge < -0.3 is 0 Å². The van der Waals surface area contributed by atoms with Gasteiger partial charge in [-0.05, 0) is 30.1 Å². The third kappa shape index (κ3) is 1.56. The third-order valence-electron chi connectivity index (χ3n) is 2.64. The summed E-state index contributed by atoms with van der Waals surface area (Å²) in [5.74, 6) is 0.385. The molecule has 0 amide bonds. The van der Waals surface area contributed by atoms with Crippen LogP contribution < -0.4 is 5.46 Å². The Balaban J connectivity index is 2.54. The Kier molecular flexibility index (Phi) is 2.34. The van der Waals surface area contributed by atoms with E-state index in [4.69, 9.17) is 7.85 Å². The van der Waals surface area contributed by atoms with Crippen molar-refractivity contribution in [2.75, 3.05) is 0 Å². The van der Waals surface area contributed by atoms with E-state index in [9.17, 15) is 4.39 Å². The normalized spacial score (nSPS) is 16.3. The quantitative estimate of drug-likeness (QED) is 0.648. The van der Waals surface area contributed by atoms with E-state index in [0.29, 0.717) is 5.92 Å². The van der Waals surface area contributed by atoms with Crippen LogP contribution >= 0.6 is 0 Å². The second kappa shape index (κ2) is 3.37. The molecular formula is C11H13BFN. The van der Waals surface area contributed by atoms with Gasteiger partial charge in [0.15, 0.2) is 0 Å². The first kappa shape index (κ1) is 9.69. The summed E-state index contributed by atoms with van der Waals surface area (Å²) in [5, 5.41) is 0. The second-order valence-corrected chi connectivity index (χ2v) is 4.26. The monoisotopic (exact) mass is 189 g/mol. The molecule has 2 rings (SSSR count). The number of hydrogen-bond acceptors (Lipinski definition) is 1. The lowest BCUT2D eigenvalue weighted by Crippen LogP contribution is -2.16. The van der Waals surface area contributed by atoms with Gasteiger partial charge >= 0.3 is 0 Å². The van der Waals surface area contributed by atoms with Gasteiger partial charge in [0.25, 0.3) is 0 Å². The number of hydrogen-bond donors (Lipinski definition) is 0. The van der Waals surface area contributed by atoms with Gasteiger partial charge in [0.1, 0.15) is 13.7 Å². The molecule has 0 bridgehead atoms. The fourth-order valence-corrected chi connectivity index (χ4v) is 1.75. The fraction of sp³-hybridized carbons (Fsp3) is 0.545. The van der Waals surface area contributed by atoms with Crippen LogP contribution in [0.5, 0.6) is 0 Å². The molecule has 0 saturated heterocycles. The summed E-state index contributed by atoms with van der Waals surface area (Å²) >= 11 is 0. The molecule has 1 aromatic heterocycles. The predicted octanol–water partition coefficient (Wildman–Crippen LogP) is 2.02. The van der Waals surface area contributed by atoms with E-state index in [2.05, 4.69) is 4.98 Å². The first-order valence-corrected chi connectivity index (χ1v) is 5.05. The number of rotatable bonds is 2. The zero-order valence-electron chi connectivity index (χ0n) is 8.55. The van der Waals surface area contributed by atoms with E-state index < -0.39 is 0 Å². The van der Waals surface area contributed by atoms with Crippen molar-refractivity contribution in [2.24, 2.45) is 0 Å². The lowest BCUT2D eigenvalue weighted by atomic mass is 9.91. The molecule has 1 nitrogen and oxygen atoms in total. The number of halogens is 1. The highest BCUT2D eigenvalue weighted by Crippen LogP contribution is 2.43. The largest absolute Gasteiger partial charge is 0.261 e. The van der Waals surface area contributed by atoms with Gasteiger partial charge in [0.2, 0.25) is 0 Å². The van der Waals surface area contributed by atoms with Gasteiger partial charge in [-0.3, -0.25) is 4.98 Å². The maximum absolute atomic E-state index is 13.7. The molecule has 0 N–H and O–H groups in total. The Morgan fingerprint density at radius 1 is 1.50 bits per heavy atom. The van der Waals surface area contributed by atoms with Crippen LogP contribution in [-0.4, -0.2) is 12.8 Å². The Hall–Kier alpha value is -0.855. The lowest BCUT2D eigenvalue weighted by molar-refractivity contribution is 0.606. The standard InChI is InChI=1S/C11H13BFN/c1-6(2)11-9(7-3-4-7)10(13)8(12)5-14-11/h5-7H,3-4H2,1-2H3. The van der Waals surface area contributed by atoms with E-state index in [0.717, 1.165) is 24.1 Å². The van der Waals surface area contributed by atoms with E-state index in [1.807, 2.05) is 13.8 Å². The van der Waals surface area contributed by atoms with Crippen molar-refractivity contribution >= 4 is 13.3 Å². The van der Waals surface area contributed by atoms with E-state index >= 15 is 0 Å². The zero-order chi connectivity index (χ0) is 10.3. The van der Waals surface area contributed by atoms with E-state index in [1.165, 1.54) is 6.20 Å². The van der Waals surface area contributed by atoms with Gasteiger partial charge in [-0.25, -0.2) is 4.39 Å². The molecule has 1 aliphatic carbocycles. The van der Waals surface area contributed by atoms with Gasteiger partial charge in [0.05, 0.1) is 0 Å². The Morgan fingerprint density at radius 3 is 2.64 bits per heavy atom. The molecule has 0 aromatic carbocycles. The summed E-state index contributed by atoms with van der Waals surface area (Å²) < 4.78 is 13.7. The molecule has 3 heteroatoms. The number of aromatic nitrogens is 1. The summed E-state index contributed by atoms with van der Waals surface area (Å²) in [5.41, 5.74) is 1.82. The van der Waals surface area contributed by atoms with Crippen LogP contribution in [0.15, 0.2) is 6.20 Å². The molecule has 14 heavy (non-hydrogen) atoms. The van der Waals surface area contributed by atoms with Crippen molar-refractivity contribution < 1.29 is 4.39 Å². The van der Waals surface area contributed by atoms with Crippen molar-refractivity contribution in [3.63, 3.8) is 0 Å². The van der Waals surface area contributed by atoms with Crippen molar-refractivity contribution in [1.82, 2.24) is 4.98 Å². The molecular weight excluding hydrogens is 176 g/mol. The molecule has 0 atom stereocenters. The lowest BCUT2D eigenvalue weighted by Gasteiger charge is -2.13. The first-order chi connectivity index (χ1) is 6.61. The smallest absolute Gasteiger partial charge is 0.122 e. The van der Waals surface area contributed by atoms with Crippen molar-refractivity contribution in [3.05, 3.63) is 23.3 Å². The van der Waals surface area contributed by atoms with Crippen molar-refractivity contribution in [3.8, 4) is 0 Å². The molecule has 1 fully saturated rings. The minimum Gasteiger partial charge on any atom is -0.261 e. The highest BCUT2D eigenvalue weighted by atomic mass is 19.1.